The number of hydrogen-bond acceptors (Lipinski definition) is 5. The molecule has 2 aromatic heterocycles. The first-order valence-electron chi connectivity index (χ1n) is 8.56. The molecular weight excluding hydrogens is 316 g/mol. The topological polar surface area (TPSA) is 61.0 Å². The fourth-order valence-corrected chi connectivity index (χ4v) is 3.09. The lowest BCUT2D eigenvalue weighted by molar-refractivity contribution is -0.0405. The van der Waals surface area contributed by atoms with E-state index in [1.807, 2.05) is 60.5 Å². The first-order chi connectivity index (χ1) is 12.3. The van der Waals surface area contributed by atoms with Crippen LogP contribution < -0.4 is 0 Å². The monoisotopic (exact) mass is 338 g/mol. The summed E-state index contributed by atoms with van der Waals surface area (Å²) in [6, 6.07) is 9.97. The van der Waals surface area contributed by atoms with Gasteiger partial charge in [-0.3, -0.25) is 9.58 Å². The van der Waals surface area contributed by atoms with Crippen LogP contribution in [0.2, 0.25) is 0 Å². The number of hydrogen-bond donors (Lipinski definition) is 0. The largest absolute Gasteiger partial charge is 0.374 e. The van der Waals surface area contributed by atoms with Crippen molar-refractivity contribution in [1.82, 2.24) is 29.7 Å². The Morgan fingerprint density at radius 3 is 2.84 bits per heavy atom. The molecule has 0 aliphatic carbocycles. The van der Waals surface area contributed by atoms with E-state index in [0.717, 1.165) is 44.2 Å². The molecule has 130 valence electrons. The van der Waals surface area contributed by atoms with Gasteiger partial charge in [-0.2, -0.15) is 20.1 Å². The average Bonchev–Trinajstić information content (AvgIpc) is 3.25. The Hall–Kier alpha value is -2.51. The Kier molecular flexibility index (Phi) is 4.58. The normalized spacial score (nSPS) is 18.5. The van der Waals surface area contributed by atoms with Gasteiger partial charge < -0.3 is 4.74 Å². The van der Waals surface area contributed by atoms with Crippen molar-refractivity contribution in [3.63, 3.8) is 0 Å². The van der Waals surface area contributed by atoms with Crippen molar-refractivity contribution in [3.05, 3.63) is 60.2 Å². The van der Waals surface area contributed by atoms with Crippen molar-refractivity contribution in [2.45, 2.75) is 26.1 Å². The van der Waals surface area contributed by atoms with Gasteiger partial charge in [0, 0.05) is 25.8 Å². The fraction of sp³-hybridized carbons (Fsp3) is 0.389. The van der Waals surface area contributed by atoms with Gasteiger partial charge in [0.15, 0.2) is 0 Å². The molecule has 1 aliphatic heterocycles. The van der Waals surface area contributed by atoms with E-state index >= 15 is 0 Å². The number of nitrogens with zero attached hydrogens (tertiary/aromatic N) is 6. The highest BCUT2D eigenvalue weighted by Gasteiger charge is 2.22. The van der Waals surface area contributed by atoms with E-state index in [-0.39, 0.29) is 6.10 Å². The summed E-state index contributed by atoms with van der Waals surface area (Å²) in [6.07, 6.45) is 5.92. The summed E-state index contributed by atoms with van der Waals surface area (Å²) in [5.74, 6) is 0. The Balaban J connectivity index is 1.37. The summed E-state index contributed by atoms with van der Waals surface area (Å²) in [6.45, 7) is 6.13. The number of aromatic nitrogens is 5. The van der Waals surface area contributed by atoms with Gasteiger partial charge >= 0.3 is 0 Å². The summed E-state index contributed by atoms with van der Waals surface area (Å²) in [4.78, 5) is 4.05. The van der Waals surface area contributed by atoms with Crippen LogP contribution in [0.1, 0.15) is 11.3 Å². The van der Waals surface area contributed by atoms with E-state index in [4.69, 9.17) is 4.74 Å². The number of morpholine rings is 1. The van der Waals surface area contributed by atoms with Gasteiger partial charge in [0.2, 0.25) is 0 Å². The van der Waals surface area contributed by atoms with Crippen LogP contribution in [-0.2, 0) is 17.8 Å². The van der Waals surface area contributed by atoms with Crippen molar-refractivity contribution >= 4 is 0 Å². The highest BCUT2D eigenvalue weighted by molar-refractivity contribution is 5.28. The Labute approximate surface area is 146 Å². The van der Waals surface area contributed by atoms with Gasteiger partial charge in [-0.25, -0.2) is 0 Å². The van der Waals surface area contributed by atoms with E-state index in [2.05, 4.69) is 20.2 Å². The molecule has 0 saturated carbocycles. The van der Waals surface area contributed by atoms with Crippen LogP contribution in [-0.4, -0.2) is 55.5 Å². The zero-order valence-corrected chi connectivity index (χ0v) is 14.3. The van der Waals surface area contributed by atoms with E-state index in [1.165, 1.54) is 5.56 Å². The predicted molar refractivity (Wildman–Crippen MR) is 93.3 cm³/mol. The summed E-state index contributed by atoms with van der Waals surface area (Å²) in [5, 5.41) is 13.3. The van der Waals surface area contributed by atoms with Crippen LogP contribution in [0.3, 0.4) is 0 Å². The summed E-state index contributed by atoms with van der Waals surface area (Å²) in [7, 11) is 0. The number of aryl methyl sites for hydroxylation is 1. The SMILES string of the molecule is Cc1cnn(C[C@H]2CN(Cc3cnn(-c4ccccc4)n3)CCO2)c1. The molecule has 0 spiro atoms. The van der Waals surface area contributed by atoms with Gasteiger partial charge in [-0.05, 0) is 24.6 Å². The van der Waals surface area contributed by atoms with E-state index in [0.29, 0.717) is 0 Å². The maximum Gasteiger partial charge on any atom is 0.0971 e. The molecule has 25 heavy (non-hydrogen) atoms. The molecule has 7 heteroatoms. The highest BCUT2D eigenvalue weighted by Crippen LogP contribution is 2.12. The number of benzene rings is 1. The van der Waals surface area contributed by atoms with Crippen molar-refractivity contribution in [2.75, 3.05) is 19.7 Å². The van der Waals surface area contributed by atoms with Crippen molar-refractivity contribution < 1.29 is 4.74 Å². The minimum atomic E-state index is 0.150. The lowest BCUT2D eigenvalue weighted by Gasteiger charge is -2.32. The molecule has 0 radical (unpaired) electrons. The quantitative estimate of drug-likeness (QED) is 0.708. The second-order valence-corrected chi connectivity index (χ2v) is 6.43. The fourth-order valence-electron chi connectivity index (χ4n) is 3.09. The average molecular weight is 338 g/mol. The number of ether oxygens (including phenoxy) is 1. The lowest BCUT2D eigenvalue weighted by atomic mass is 10.2. The maximum absolute atomic E-state index is 5.89. The minimum Gasteiger partial charge on any atom is -0.374 e. The molecule has 0 unspecified atom stereocenters. The van der Waals surface area contributed by atoms with Crippen molar-refractivity contribution in [1.29, 1.82) is 0 Å². The zero-order chi connectivity index (χ0) is 17.1. The van der Waals surface area contributed by atoms with Gasteiger partial charge in [-0.1, -0.05) is 18.2 Å². The molecule has 0 bridgehead atoms. The second kappa shape index (κ2) is 7.16. The molecule has 4 rings (SSSR count). The van der Waals surface area contributed by atoms with Gasteiger partial charge in [0.05, 0.1) is 43.0 Å². The van der Waals surface area contributed by atoms with Crippen LogP contribution in [0.15, 0.2) is 48.9 Å². The van der Waals surface area contributed by atoms with Gasteiger partial charge in [0.25, 0.3) is 0 Å². The molecule has 7 nitrogen and oxygen atoms in total. The lowest BCUT2D eigenvalue weighted by Crippen LogP contribution is -2.43. The number of para-hydroxylation sites is 1. The van der Waals surface area contributed by atoms with Gasteiger partial charge in [0.1, 0.15) is 0 Å². The minimum absolute atomic E-state index is 0.150. The predicted octanol–water partition coefficient (Wildman–Crippen LogP) is 1.67. The third kappa shape index (κ3) is 3.94. The van der Waals surface area contributed by atoms with Gasteiger partial charge in [-0.15, -0.1) is 0 Å². The van der Waals surface area contributed by atoms with E-state index < -0.39 is 0 Å². The molecule has 1 saturated heterocycles. The van der Waals surface area contributed by atoms with Crippen LogP contribution in [0.4, 0.5) is 0 Å². The Bertz CT molecular complexity index is 812. The number of rotatable bonds is 5. The highest BCUT2D eigenvalue weighted by atomic mass is 16.5. The summed E-state index contributed by atoms with van der Waals surface area (Å²) in [5.41, 5.74) is 3.12. The molecular formula is C18H22N6O. The smallest absolute Gasteiger partial charge is 0.0971 e. The van der Waals surface area contributed by atoms with E-state index in [1.54, 1.807) is 4.80 Å². The summed E-state index contributed by atoms with van der Waals surface area (Å²) < 4.78 is 7.84. The van der Waals surface area contributed by atoms with Crippen LogP contribution in [0.5, 0.6) is 0 Å². The molecule has 1 atom stereocenters. The van der Waals surface area contributed by atoms with Crippen molar-refractivity contribution in [3.8, 4) is 5.69 Å². The van der Waals surface area contributed by atoms with Crippen LogP contribution >= 0.6 is 0 Å². The molecule has 1 aliphatic rings. The molecule has 3 heterocycles. The third-order valence-electron chi connectivity index (χ3n) is 4.29. The molecule has 3 aromatic rings. The molecule has 1 fully saturated rings. The first-order valence-corrected chi connectivity index (χ1v) is 8.56. The zero-order valence-electron chi connectivity index (χ0n) is 14.3. The molecule has 1 aromatic carbocycles. The van der Waals surface area contributed by atoms with Crippen molar-refractivity contribution in [2.24, 2.45) is 0 Å². The van der Waals surface area contributed by atoms with Crippen LogP contribution in [0, 0.1) is 6.92 Å². The Morgan fingerprint density at radius 1 is 1.16 bits per heavy atom. The Morgan fingerprint density at radius 2 is 2.04 bits per heavy atom. The second-order valence-electron chi connectivity index (χ2n) is 6.43. The molecule has 0 N–H and O–H groups in total. The standard InChI is InChI=1S/C18H22N6O/c1-15-9-19-23(11-15)14-18-13-22(7-8-25-18)12-16-10-20-24(21-16)17-5-3-2-4-6-17/h2-6,9-11,18H,7-8,12-14H2,1H3/t18-/m1/s1. The molecule has 0 amide bonds. The third-order valence-corrected chi connectivity index (χ3v) is 4.29. The van der Waals surface area contributed by atoms with Crippen LogP contribution in [0.25, 0.3) is 5.69 Å². The maximum atomic E-state index is 5.89. The summed E-state index contributed by atoms with van der Waals surface area (Å²) >= 11 is 0. The van der Waals surface area contributed by atoms with E-state index in [9.17, 15) is 0 Å². The first kappa shape index (κ1) is 16.0.